The number of nitrogens with one attached hydrogen (secondary N) is 1. The van der Waals surface area contributed by atoms with Gasteiger partial charge in [0.1, 0.15) is 5.82 Å². The molecule has 1 heterocycles. The highest BCUT2D eigenvalue weighted by Gasteiger charge is 2.09. The zero-order valence-electron chi connectivity index (χ0n) is 16.8. The van der Waals surface area contributed by atoms with E-state index in [1.807, 2.05) is 61.3 Å². The van der Waals surface area contributed by atoms with Crippen LogP contribution in [0.4, 0.5) is 17.5 Å². The summed E-state index contributed by atoms with van der Waals surface area (Å²) in [7, 11) is 5.29. The predicted octanol–water partition coefficient (Wildman–Crippen LogP) is 4.22. The summed E-state index contributed by atoms with van der Waals surface area (Å²) in [4.78, 5) is 11.2. The van der Waals surface area contributed by atoms with Gasteiger partial charge in [0.25, 0.3) is 0 Å². The molecule has 3 aromatic rings. The van der Waals surface area contributed by atoms with Crippen LogP contribution in [0.1, 0.15) is 11.3 Å². The van der Waals surface area contributed by atoms with E-state index in [-0.39, 0.29) is 0 Å². The summed E-state index contributed by atoms with van der Waals surface area (Å²) in [6.45, 7) is 2.69. The number of para-hydroxylation sites is 1. The Labute approximate surface area is 166 Å². The third kappa shape index (κ3) is 4.71. The molecule has 6 nitrogen and oxygen atoms in total. The van der Waals surface area contributed by atoms with E-state index < -0.39 is 0 Å². The van der Waals surface area contributed by atoms with Gasteiger partial charge in [-0.1, -0.05) is 24.3 Å². The molecule has 6 heteroatoms. The SMILES string of the molecule is COc1ccc(CCNc2nc(C)cc(N(C)c3ccccc3)n2)cc1OC. The highest BCUT2D eigenvalue weighted by molar-refractivity contribution is 5.60. The Morgan fingerprint density at radius 2 is 1.68 bits per heavy atom. The van der Waals surface area contributed by atoms with E-state index in [2.05, 4.69) is 27.4 Å². The molecule has 0 atom stereocenters. The summed E-state index contributed by atoms with van der Waals surface area (Å²) in [5.41, 5.74) is 3.15. The number of ether oxygens (including phenoxy) is 2. The summed E-state index contributed by atoms with van der Waals surface area (Å²) >= 11 is 0. The molecule has 0 fully saturated rings. The Kier molecular flexibility index (Phi) is 6.32. The van der Waals surface area contributed by atoms with Crippen molar-refractivity contribution in [2.45, 2.75) is 13.3 Å². The highest BCUT2D eigenvalue weighted by atomic mass is 16.5. The molecule has 146 valence electrons. The van der Waals surface area contributed by atoms with Crippen LogP contribution in [-0.4, -0.2) is 37.8 Å². The molecule has 0 unspecified atom stereocenters. The van der Waals surface area contributed by atoms with Crippen LogP contribution in [0.5, 0.6) is 11.5 Å². The fourth-order valence-corrected chi connectivity index (χ4v) is 2.94. The normalized spacial score (nSPS) is 10.4. The van der Waals surface area contributed by atoms with Crippen LogP contribution in [0.15, 0.2) is 54.6 Å². The van der Waals surface area contributed by atoms with Gasteiger partial charge in [-0.05, 0) is 43.2 Å². The average molecular weight is 378 g/mol. The van der Waals surface area contributed by atoms with Crippen LogP contribution >= 0.6 is 0 Å². The Morgan fingerprint density at radius 1 is 0.929 bits per heavy atom. The second kappa shape index (κ2) is 9.08. The fourth-order valence-electron chi connectivity index (χ4n) is 2.94. The molecule has 0 radical (unpaired) electrons. The van der Waals surface area contributed by atoms with Gasteiger partial charge < -0.3 is 19.7 Å². The molecule has 0 amide bonds. The average Bonchev–Trinajstić information content (AvgIpc) is 2.73. The zero-order valence-corrected chi connectivity index (χ0v) is 16.8. The van der Waals surface area contributed by atoms with Gasteiger partial charge in [-0.2, -0.15) is 4.98 Å². The number of nitrogens with zero attached hydrogens (tertiary/aromatic N) is 3. The van der Waals surface area contributed by atoms with Gasteiger partial charge in [-0.25, -0.2) is 4.98 Å². The molecule has 1 aromatic heterocycles. The van der Waals surface area contributed by atoms with Crippen molar-refractivity contribution >= 4 is 17.5 Å². The fraction of sp³-hybridized carbons (Fsp3) is 0.273. The molecular formula is C22H26N4O2. The molecule has 0 saturated heterocycles. The number of methoxy groups -OCH3 is 2. The number of hydrogen-bond donors (Lipinski definition) is 1. The smallest absolute Gasteiger partial charge is 0.224 e. The lowest BCUT2D eigenvalue weighted by Gasteiger charge is -2.19. The standard InChI is InChI=1S/C22H26N4O2/c1-16-14-21(26(2)18-8-6-5-7-9-18)25-22(24-16)23-13-12-17-10-11-19(27-3)20(15-17)28-4/h5-11,14-15H,12-13H2,1-4H3,(H,23,24,25). The quantitative estimate of drug-likeness (QED) is 0.633. The van der Waals surface area contributed by atoms with Crippen LogP contribution in [0.25, 0.3) is 0 Å². The third-order valence-electron chi connectivity index (χ3n) is 4.47. The van der Waals surface area contributed by atoms with Gasteiger partial charge in [-0.3, -0.25) is 0 Å². The second-order valence-electron chi connectivity index (χ2n) is 6.45. The van der Waals surface area contributed by atoms with Crippen LogP contribution in [0, 0.1) is 6.92 Å². The van der Waals surface area contributed by atoms with Crippen LogP contribution in [-0.2, 0) is 6.42 Å². The molecule has 1 N–H and O–H groups in total. The molecule has 0 bridgehead atoms. The lowest BCUT2D eigenvalue weighted by Crippen LogP contribution is -2.14. The van der Waals surface area contributed by atoms with Gasteiger partial charge >= 0.3 is 0 Å². The van der Waals surface area contributed by atoms with E-state index in [9.17, 15) is 0 Å². The minimum absolute atomic E-state index is 0.623. The van der Waals surface area contributed by atoms with E-state index in [4.69, 9.17) is 9.47 Å². The summed E-state index contributed by atoms with van der Waals surface area (Å²) in [5, 5.41) is 3.33. The van der Waals surface area contributed by atoms with Crippen molar-refractivity contribution < 1.29 is 9.47 Å². The van der Waals surface area contributed by atoms with Gasteiger partial charge in [0, 0.05) is 31.0 Å². The first-order valence-electron chi connectivity index (χ1n) is 9.20. The summed E-state index contributed by atoms with van der Waals surface area (Å²) in [5.74, 6) is 2.94. The number of aryl methyl sites for hydroxylation is 1. The first-order chi connectivity index (χ1) is 13.6. The Bertz CT molecular complexity index is 916. The largest absolute Gasteiger partial charge is 0.493 e. The van der Waals surface area contributed by atoms with Crippen molar-refractivity contribution in [3.63, 3.8) is 0 Å². The van der Waals surface area contributed by atoms with Crippen molar-refractivity contribution in [2.24, 2.45) is 0 Å². The van der Waals surface area contributed by atoms with Crippen molar-refractivity contribution in [3.8, 4) is 11.5 Å². The van der Waals surface area contributed by atoms with Crippen molar-refractivity contribution in [1.29, 1.82) is 0 Å². The van der Waals surface area contributed by atoms with E-state index in [1.165, 1.54) is 0 Å². The number of hydrogen-bond acceptors (Lipinski definition) is 6. The zero-order chi connectivity index (χ0) is 19.9. The van der Waals surface area contributed by atoms with E-state index >= 15 is 0 Å². The Balaban J connectivity index is 1.67. The number of benzene rings is 2. The van der Waals surface area contributed by atoms with E-state index in [0.717, 1.165) is 40.7 Å². The molecule has 0 spiro atoms. The first kappa shape index (κ1) is 19.5. The molecule has 28 heavy (non-hydrogen) atoms. The van der Waals surface area contributed by atoms with Crippen molar-refractivity contribution in [3.05, 3.63) is 65.9 Å². The Morgan fingerprint density at radius 3 is 2.39 bits per heavy atom. The van der Waals surface area contributed by atoms with Crippen LogP contribution in [0.2, 0.25) is 0 Å². The maximum atomic E-state index is 5.37. The topological polar surface area (TPSA) is 59.5 Å². The molecule has 3 rings (SSSR count). The summed E-state index contributed by atoms with van der Waals surface area (Å²) < 4.78 is 10.7. The molecule has 0 aliphatic carbocycles. The highest BCUT2D eigenvalue weighted by Crippen LogP contribution is 2.28. The Hall–Kier alpha value is -3.28. The van der Waals surface area contributed by atoms with Gasteiger partial charge in [-0.15, -0.1) is 0 Å². The van der Waals surface area contributed by atoms with E-state index in [1.54, 1.807) is 14.2 Å². The number of anilines is 3. The van der Waals surface area contributed by atoms with Gasteiger partial charge in [0.05, 0.1) is 14.2 Å². The predicted molar refractivity (Wildman–Crippen MR) is 113 cm³/mol. The molecule has 0 saturated carbocycles. The van der Waals surface area contributed by atoms with Crippen LogP contribution in [0.3, 0.4) is 0 Å². The van der Waals surface area contributed by atoms with Gasteiger partial charge in [0.2, 0.25) is 5.95 Å². The number of aromatic nitrogens is 2. The molecule has 0 aliphatic rings. The van der Waals surface area contributed by atoms with Crippen molar-refractivity contribution in [1.82, 2.24) is 9.97 Å². The lowest BCUT2D eigenvalue weighted by atomic mass is 10.1. The second-order valence-corrected chi connectivity index (χ2v) is 6.45. The van der Waals surface area contributed by atoms with Gasteiger partial charge in [0.15, 0.2) is 11.5 Å². The number of rotatable bonds is 8. The van der Waals surface area contributed by atoms with Crippen LogP contribution < -0.4 is 19.7 Å². The third-order valence-corrected chi connectivity index (χ3v) is 4.47. The van der Waals surface area contributed by atoms with Crippen molar-refractivity contribution in [2.75, 3.05) is 38.0 Å². The molecule has 0 aliphatic heterocycles. The summed E-state index contributed by atoms with van der Waals surface area (Å²) in [6.07, 6.45) is 0.821. The summed E-state index contributed by atoms with van der Waals surface area (Å²) in [6, 6.07) is 18.1. The first-order valence-corrected chi connectivity index (χ1v) is 9.20. The molecular weight excluding hydrogens is 352 g/mol. The van der Waals surface area contributed by atoms with E-state index in [0.29, 0.717) is 12.5 Å². The maximum absolute atomic E-state index is 5.37. The monoisotopic (exact) mass is 378 g/mol. The molecule has 2 aromatic carbocycles. The minimum Gasteiger partial charge on any atom is -0.493 e. The maximum Gasteiger partial charge on any atom is 0.224 e. The minimum atomic E-state index is 0.623. The lowest BCUT2D eigenvalue weighted by molar-refractivity contribution is 0.354.